The minimum absolute atomic E-state index is 0.0540. The van der Waals surface area contributed by atoms with Crippen LogP contribution in [0.4, 0.5) is 5.69 Å². The van der Waals surface area contributed by atoms with Crippen molar-refractivity contribution >= 4 is 34.1 Å². The molecule has 4 aromatic rings. The van der Waals surface area contributed by atoms with Gasteiger partial charge in [-0.05, 0) is 36.3 Å². The number of hydrogen-bond acceptors (Lipinski definition) is 3. The van der Waals surface area contributed by atoms with Crippen LogP contribution in [0.2, 0.25) is 0 Å². The highest BCUT2D eigenvalue weighted by atomic mass is 16.2. The fraction of sp³-hybridized carbons (Fsp3) is 0.148. The molecule has 0 saturated heterocycles. The molecule has 158 valence electrons. The Morgan fingerprint density at radius 2 is 1.59 bits per heavy atom. The van der Waals surface area contributed by atoms with Gasteiger partial charge in [-0.25, -0.2) is 4.98 Å². The van der Waals surface area contributed by atoms with Gasteiger partial charge >= 0.3 is 0 Å². The van der Waals surface area contributed by atoms with Gasteiger partial charge in [0.25, 0.3) is 11.5 Å². The number of amides is 1. The Morgan fingerprint density at radius 1 is 0.875 bits per heavy atom. The van der Waals surface area contributed by atoms with Gasteiger partial charge in [0.05, 0.1) is 28.7 Å². The Bertz CT molecular complexity index is 1400. The van der Waals surface area contributed by atoms with Crippen molar-refractivity contribution in [3.8, 4) is 0 Å². The van der Waals surface area contributed by atoms with E-state index in [2.05, 4.69) is 6.92 Å². The second-order valence-corrected chi connectivity index (χ2v) is 7.90. The van der Waals surface area contributed by atoms with Gasteiger partial charge in [-0.1, -0.05) is 67.6 Å². The molecule has 0 saturated carbocycles. The molecule has 0 aliphatic carbocycles. The van der Waals surface area contributed by atoms with Crippen LogP contribution in [0.15, 0.2) is 83.7 Å². The van der Waals surface area contributed by atoms with E-state index in [0.29, 0.717) is 35.4 Å². The van der Waals surface area contributed by atoms with E-state index < -0.39 is 0 Å². The largest absolute Gasteiger partial charge is 0.308 e. The van der Waals surface area contributed by atoms with E-state index in [1.54, 1.807) is 16.7 Å². The molecular weight excluding hydrogens is 398 g/mol. The van der Waals surface area contributed by atoms with Gasteiger partial charge in [0, 0.05) is 12.1 Å². The smallest absolute Gasteiger partial charge is 0.261 e. The molecule has 1 aromatic heterocycles. The van der Waals surface area contributed by atoms with E-state index in [1.807, 2.05) is 77.7 Å². The number of para-hydroxylation sites is 2. The lowest BCUT2D eigenvalue weighted by Crippen LogP contribution is -2.27. The van der Waals surface area contributed by atoms with Crippen molar-refractivity contribution in [3.05, 3.63) is 106 Å². The Labute approximate surface area is 186 Å². The van der Waals surface area contributed by atoms with Gasteiger partial charge in [-0.2, -0.15) is 0 Å². The van der Waals surface area contributed by atoms with Gasteiger partial charge in [-0.15, -0.1) is 0 Å². The van der Waals surface area contributed by atoms with E-state index in [4.69, 9.17) is 4.98 Å². The molecule has 0 unspecified atom stereocenters. The molecule has 1 amide bonds. The first-order chi connectivity index (χ1) is 15.7. The quantitative estimate of drug-likeness (QED) is 0.437. The molecular formula is C27H23N3O2. The first-order valence-corrected chi connectivity index (χ1v) is 10.8. The molecule has 32 heavy (non-hydrogen) atoms. The summed E-state index contributed by atoms with van der Waals surface area (Å²) in [5.41, 5.74) is 3.85. The highest BCUT2D eigenvalue weighted by Gasteiger charge is 2.31. The monoisotopic (exact) mass is 421 g/mol. The summed E-state index contributed by atoms with van der Waals surface area (Å²) >= 11 is 0. The van der Waals surface area contributed by atoms with Gasteiger partial charge in [0.2, 0.25) is 0 Å². The fourth-order valence-electron chi connectivity index (χ4n) is 4.24. The number of anilines is 1. The average molecular weight is 422 g/mol. The molecule has 1 aliphatic rings. The molecule has 3 aromatic carbocycles. The highest BCUT2D eigenvalue weighted by molar-refractivity contribution is 6.35. The number of fused-ring (bicyclic) bond motifs is 2. The van der Waals surface area contributed by atoms with E-state index in [9.17, 15) is 9.59 Å². The van der Waals surface area contributed by atoms with Crippen LogP contribution in [0.5, 0.6) is 0 Å². The zero-order chi connectivity index (χ0) is 22.1. The number of aromatic nitrogens is 2. The topological polar surface area (TPSA) is 55.2 Å². The Kier molecular flexibility index (Phi) is 5.15. The van der Waals surface area contributed by atoms with Gasteiger partial charge in [0.15, 0.2) is 0 Å². The van der Waals surface area contributed by atoms with E-state index in [-0.39, 0.29) is 11.5 Å². The van der Waals surface area contributed by atoms with Gasteiger partial charge in [0.1, 0.15) is 5.82 Å². The molecule has 5 heteroatoms. The molecule has 0 bridgehead atoms. The van der Waals surface area contributed by atoms with E-state index in [1.165, 1.54) is 0 Å². The van der Waals surface area contributed by atoms with Crippen LogP contribution in [-0.4, -0.2) is 22.0 Å². The standard InChI is InChI=1S/C27H23N3O2/c1-2-16-29-24-15-9-7-12-20(24)22(27(29)32)17-25-28-23-14-8-6-13-21(23)26(31)30(25)18-19-10-4-3-5-11-19/h3-15,17H,2,16,18H2,1H3. The predicted octanol–water partition coefficient (Wildman–Crippen LogP) is 4.74. The van der Waals surface area contributed by atoms with E-state index in [0.717, 1.165) is 23.2 Å². The minimum atomic E-state index is -0.115. The predicted molar refractivity (Wildman–Crippen MR) is 129 cm³/mol. The maximum absolute atomic E-state index is 13.4. The molecule has 0 radical (unpaired) electrons. The summed E-state index contributed by atoms with van der Waals surface area (Å²) < 4.78 is 1.66. The third kappa shape index (κ3) is 3.42. The summed E-state index contributed by atoms with van der Waals surface area (Å²) in [5.74, 6) is 0.427. The van der Waals surface area contributed by atoms with Crippen molar-refractivity contribution in [1.82, 2.24) is 9.55 Å². The van der Waals surface area contributed by atoms with Crippen molar-refractivity contribution in [3.63, 3.8) is 0 Å². The third-order valence-corrected chi connectivity index (χ3v) is 5.76. The van der Waals surface area contributed by atoms with Crippen molar-refractivity contribution < 1.29 is 4.79 Å². The third-order valence-electron chi connectivity index (χ3n) is 5.76. The summed E-state index contributed by atoms with van der Waals surface area (Å²) in [6.45, 7) is 3.08. The minimum Gasteiger partial charge on any atom is -0.308 e. The average Bonchev–Trinajstić information content (AvgIpc) is 3.08. The number of rotatable bonds is 5. The summed E-state index contributed by atoms with van der Waals surface area (Å²) in [6.07, 6.45) is 2.63. The second-order valence-electron chi connectivity index (χ2n) is 7.90. The van der Waals surface area contributed by atoms with Crippen LogP contribution in [0, 0.1) is 0 Å². The summed E-state index contributed by atoms with van der Waals surface area (Å²) in [5, 5.41) is 0.566. The molecule has 5 rings (SSSR count). The summed E-state index contributed by atoms with van der Waals surface area (Å²) in [7, 11) is 0. The lowest BCUT2D eigenvalue weighted by atomic mass is 10.1. The van der Waals surface area contributed by atoms with Gasteiger partial charge < -0.3 is 4.90 Å². The number of benzene rings is 3. The fourth-order valence-corrected chi connectivity index (χ4v) is 4.24. The highest BCUT2D eigenvalue weighted by Crippen LogP contribution is 2.37. The lowest BCUT2D eigenvalue weighted by molar-refractivity contribution is -0.113. The molecule has 2 heterocycles. The maximum Gasteiger partial charge on any atom is 0.261 e. The molecule has 5 nitrogen and oxygen atoms in total. The Balaban J connectivity index is 1.72. The second kappa shape index (κ2) is 8.27. The van der Waals surface area contributed by atoms with Crippen molar-refractivity contribution in [2.24, 2.45) is 0 Å². The molecule has 0 fully saturated rings. The summed E-state index contributed by atoms with van der Waals surface area (Å²) in [6, 6.07) is 24.9. The Hall–Kier alpha value is -3.99. The molecule has 0 atom stereocenters. The maximum atomic E-state index is 13.4. The van der Waals surface area contributed by atoms with Crippen molar-refractivity contribution in [2.45, 2.75) is 19.9 Å². The molecule has 1 aliphatic heterocycles. The SMILES string of the molecule is CCCN1C(=O)C(=Cc2nc3ccccc3c(=O)n2Cc2ccccc2)c2ccccc21. The lowest BCUT2D eigenvalue weighted by Gasteiger charge is -2.15. The number of carbonyl (C=O) groups is 1. The first kappa shape index (κ1) is 19.9. The van der Waals surface area contributed by atoms with Crippen LogP contribution in [0.3, 0.4) is 0 Å². The van der Waals surface area contributed by atoms with Gasteiger partial charge in [-0.3, -0.25) is 14.2 Å². The summed E-state index contributed by atoms with van der Waals surface area (Å²) in [4.78, 5) is 33.3. The van der Waals surface area contributed by atoms with Crippen molar-refractivity contribution in [1.29, 1.82) is 0 Å². The van der Waals surface area contributed by atoms with Crippen molar-refractivity contribution in [2.75, 3.05) is 11.4 Å². The zero-order valence-corrected chi connectivity index (χ0v) is 17.9. The number of hydrogen-bond donors (Lipinski definition) is 0. The Morgan fingerprint density at radius 3 is 2.41 bits per heavy atom. The van der Waals surface area contributed by atoms with Crippen LogP contribution >= 0.6 is 0 Å². The van der Waals surface area contributed by atoms with E-state index >= 15 is 0 Å². The normalized spacial score (nSPS) is 14.3. The number of carbonyl (C=O) groups excluding carboxylic acids is 1. The van der Waals surface area contributed by atoms with Crippen LogP contribution < -0.4 is 10.5 Å². The van der Waals surface area contributed by atoms with Crippen LogP contribution in [-0.2, 0) is 11.3 Å². The molecule has 0 spiro atoms. The number of nitrogens with zero attached hydrogens (tertiary/aromatic N) is 3. The zero-order valence-electron chi connectivity index (χ0n) is 17.9. The van der Waals surface area contributed by atoms with Crippen LogP contribution in [0.1, 0.15) is 30.3 Å². The molecule has 0 N–H and O–H groups in total. The van der Waals surface area contributed by atoms with Crippen LogP contribution in [0.25, 0.3) is 22.6 Å². The first-order valence-electron chi connectivity index (χ1n) is 10.8.